The van der Waals surface area contributed by atoms with Crippen LogP contribution in [0.1, 0.15) is 18.4 Å². The minimum absolute atomic E-state index is 0.103. The van der Waals surface area contributed by atoms with E-state index >= 15 is 0 Å². The average molecular weight is 459 g/mol. The molecule has 0 aliphatic carbocycles. The molecule has 0 unspecified atom stereocenters. The average Bonchev–Trinajstić information content (AvgIpc) is 3.30. The van der Waals surface area contributed by atoms with Gasteiger partial charge in [-0.25, -0.2) is 8.42 Å². The van der Waals surface area contributed by atoms with Crippen molar-refractivity contribution in [1.29, 1.82) is 0 Å². The third kappa shape index (κ3) is 4.60. The quantitative estimate of drug-likeness (QED) is 0.584. The van der Waals surface area contributed by atoms with Crippen LogP contribution in [-0.4, -0.2) is 38.8 Å². The van der Waals surface area contributed by atoms with E-state index in [2.05, 4.69) is 19.8 Å². The highest BCUT2D eigenvalue weighted by Gasteiger charge is 2.20. The maximum Gasteiger partial charge on any atom is 0.262 e. The van der Waals surface area contributed by atoms with Gasteiger partial charge in [0.2, 0.25) is 0 Å². The summed E-state index contributed by atoms with van der Waals surface area (Å²) in [5.74, 6) is 1.32. The number of halogens is 1. The third-order valence-corrected chi connectivity index (χ3v) is 7.07. The summed E-state index contributed by atoms with van der Waals surface area (Å²) < 4.78 is 33.4. The van der Waals surface area contributed by atoms with E-state index in [-0.39, 0.29) is 9.92 Å². The minimum Gasteiger partial charge on any atom is -0.495 e. The van der Waals surface area contributed by atoms with Crippen LogP contribution in [0.25, 0.3) is 11.3 Å². The highest BCUT2D eigenvalue weighted by molar-refractivity contribution is 7.92. The van der Waals surface area contributed by atoms with Crippen molar-refractivity contribution in [3.63, 3.8) is 0 Å². The Morgan fingerprint density at radius 2 is 1.74 bits per heavy atom. The van der Waals surface area contributed by atoms with E-state index in [0.29, 0.717) is 17.0 Å². The van der Waals surface area contributed by atoms with Crippen molar-refractivity contribution >= 4 is 33.1 Å². The lowest BCUT2D eigenvalue weighted by molar-refractivity contribution is 0.414. The van der Waals surface area contributed by atoms with Gasteiger partial charge < -0.3 is 9.64 Å². The Morgan fingerprint density at radius 3 is 2.35 bits per heavy atom. The van der Waals surface area contributed by atoms with Crippen LogP contribution in [0.2, 0.25) is 5.02 Å². The first-order valence-corrected chi connectivity index (χ1v) is 11.8. The van der Waals surface area contributed by atoms with E-state index in [1.165, 1.54) is 26.0 Å². The molecule has 1 fully saturated rings. The zero-order chi connectivity index (χ0) is 22.0. The summed E-state index contributed by atoms with van der Waals surface area (Å²) in [5.41, 5.74) is 2.57. The molecule has 0 bridgehead atoms. The Labute approximate surface area is 187 Å². The largest absolute Gasteiger partial charge is 0.495 e. The Hall–Kier alpha value is -2.84. The summed E-state index contributed by atoms with van der Waals surface area (Å²) in [4.78, 5) is 2.33. The molecule has 31 heavy (non-hydrogen) atoms. The Kier molecular flexibility index (Phi) is 6.02. The number of anilines is 2. The fourth-order valence-electron chi connectivity index (χ4n) is 3.60. The molecule has 0 saturated carbocycles. The van der Waals surface area contributed by atoms with Gasteiger partial charge in [-0.3, -0.25) is 4.72 Å². The zero-order valence-electron chi connectivity index (χ0n) is 17.3. The van der Waals surface area contributed by atoms with Crippen LogP contribution in [0.5, 0.6) is 5.75 Å². The Balaban J connectivity index is 1.51. The summed E-state index contributed by atoms with van der Waals surface area (Å²) in [6, 6.07) is 13.9. The van der Waals surface area contributed by atoms with E-state index in [1.807, 2.05) is 24.3 Å². The second kappa shape index (κ2) is 8.72. The normalized spacial score (nSPS) is 14.0. The van der Waals surface area contributed by atoms with E-state index in [0.717, 1.165) is 30.2 Å². The zero-order valence-corrected chi connectivity index (χ0v) is 18.9. The lowest BCUT2D eigenvalue weighted by Crippen LogP contribution is -2.19. The van der Waals surface area contributed by atoms with Crippen LogP contribution in [0, 0.1) is 6.92 Å². The smallest absolute Gasteiger partial charge is 0.262 e. The number of hydrogen-bond donors (Lipinski definition) is 1. The summed E-state index contributed by atoms with van der Waals surface area (Å²) in [7, 11) is -2.32. The van der Waals surface area contributed by atoms with Gasteiger partial charge in [0, 0.05) is 24.3 Å². The number of nitrogens with one attached hydrogen (secondary N) is 1. The summed E-state index contributed by atoms with van der Waals surface area (Å²) >= 11 is 6.12. The van der Waals surface area contributed by atoms with Crippen molar-refractivity contribution < 1.29 is 13.2 Å². The van der Waals surface area contributed by atoms with Gasteiger partial charge in [0.25, 0.3) is 10.0 Å². The molecule has 9 heteroatoms. The maximum absolute atomic E-state index is 12.9. The Morgan fingerprint density at radius 1 is 1.03 bits per heavy atom. The van der Waals surface area contributed by atoms with Gasteiger partial charge in [-0.05, 0) is 61.7 Å². The lowest BCUT2D eigenvalue weighted by Gasteiger charge is -2.15. The van der Waals surface area contributed by atoms with Gasteiger partial charge in [-0.2, -0.15) is 0 Å². The van der Waals surface area contributed by atoms with Gasteiger partial charge in [0.05, 0.1) is 22.7 Å². The van der Waals surface area contributed by atoms with Crippen LogP contribution in [0.4, 0.5) is 11.5 Å². The number of hydrogen-bond acceptors (Lipinski definition) is 6. The number of methoxy groups -OCH3 is 1. The molecule has 1 aliphatic rings. The van der Waals surface area contributed by atoms with Crippen molar-refractivity contribution in [2.45, 2.75) is 24.7 Å². The monoisotopic (exact) mass is 458 g/mol. The van der Waals surface area contributed by atoms with Crippen LogP contribution in [0.3, 0.4) is 0 Å². The SMILES string of the molecule is COc1cc(C)c(S(=O)(=O)Nc2ccc(-c3ccc(N4CCCC4)nn3)cc2)cc1Cl. The number of aromatic nitrogens is 2. The fourth-order valence-corrected chi connectivity index (χ4v) is 5.21. The van der Waals surface area contributed by atoms with Gasteiger partial charge in [-0.1, -0.05) is 23.7 Å². The minimum atomic E-state index is -3.81. The molecule has 1 aliphatic heterocycles. The van der Waals surface area contributed by atoms with Gasteiger partial charge in [0.1, 0.15) is 5.75 Å². The first kappa shape index (κ1) is 21.4. The molecule has 1 aromatic heterocycles. The molecule has 2 aromatic carbocycles. The number of nitrogens with zero attached hydrogens (tertiary/aromatic N) is 3. The molecule has 1 N–H and O–H groups in total. The van der Waals surface area contributed by atoms with E-state index in [9.17, 15) is 8.42 Å². The molecule has 2 heterocycles. The Bertz CT molecular complexity index is 1180. The maximum atomic E-state index is 12.9. The van der Waals surface area contributed by atoms with Crippen molar-refractivity contribution in [2.75, 3.05) is 29.8 Å². The molecule has 0 atom stereocenters. The molecule has 4 rings (SSSR count). The van der Waals surface area contributed by atoms with Crippen LogP contribution < -0.4 is 14.4 Å². The molecular formula is C22H23ClN4O3S. The predicted octanol–water partition coefficient (Wildman–Crippen LogP) is 4.52. The van der Waals surface area contributed by atoms with Crippen molar-refractivity contribution in [1.82, 2.24) is 10.2 Å². The number of ether oxygens (including phenoxy) is 1. The van der Waals surface area contributed by atoms with Gasteiger partial charge >= 0.3 is 0 Å². The first-order valence-electron chi connectivity index (χ1n) is 9.93. The van der Waals surface area contributed by atoms with E-state index < -0.39 is 10.0 Å². The van der Waals surface area contributed by atoms with Gasteiger partial charge in [0.15, 0.2) is 5.82 Å². The second-order valence-corrected chi connectivity index (χ2v) is 9.46. The van der Waals surface area contributed by atoms with Crippen molar-refractivity contribution in [2.24, 2.45) is 0 Å². The lowest BCUT2D eigenvalue weighted by atomic mass is 10.1. The van der Waals surface area contributed by atoms with E-state index in [1.54, 1.807) is 25.1 Å². The third-order valence-electron chi connectivity index (χ3n) is 5.25. The summed E-state index contributed by atoms with van der Waals surface area (Å²) in [6.07, 6.45) is 2.37. The van der Waals surface area contributed by atoms with Crippen molar-refractivity contribution in [3.05, 3.63) is 59.1 Å². The summed E-state index contributed by atoms with van der Waals surface area (Å²) in [5, 5.41) is 8.89. The predicted molar refractivity (Wildman–Crippen MR) is 122 cm³/mol. The molecule has 1 saturated heterocycles. The highest BCUT2D eigenvalue weighted by atomic mass is 35.5. The first-order chi connectivity index (χ1) is 14.9. The fraction of sp³-hybridized carbons (Fsp3) is 0.273. The number of benzene rings is 2. The van der Waals surface area contributed by atoms with Crippen LogP contribution in [-0.2, 0) is 10.0 Å². The number of aryl methyl sites for hydroxylation is 1. The number of rotatable bonds is 6. The standard InChI is InChI=1S/C22H23ClN4O3S/c1-15-13-20(30-2)18(23)14-21(15)31(28,29)26-17-7-5-16(6-8-17)19-9-10-22(25-24-19)27-11-3-4-12-27/h5-10,13-14,26H,3-4,11-12H2,1-2H3. The van der Waals surface area contributed by atoms with Crippen molar-refractivity contribution in [3.8, 4) is 17.0 Å². The molecular weight excluding hydrogens is 436 g/mol. The second-order valence-electron chi connectivity index (χ2n) is 7.41. The van der Waals surface area contributed by atoms with E-state index in [4.69, 9.17) is 16.3 Å². The highest BCUT2D eigenvalue weighted by Crippen LogP contribution is 2.31. The van der Waals surface area contributed by atoms with Crippen LogP contribution in [0.15, 0.2) is 53.4 Å². The molecule has 0 radical (unpaired) electrons. The molecule has 0 spiro atoms. The molecule has 7 nitrogen and oxygen atoms in total. The molecule has 162 valence electrons. The molecule has 0 amide bonds. The number of sulfonamides is 1. The van der Waals surface area contributed by atoms with Crippen LogP contribution >= 0.6 is 11.6 Å². The summed E-state index contributed by atoms with van der Waals surface area (Å²) in [6.45, 7) is 3.73. The molecule has 3 aromatic rings. The van der Waals surface area contributed by atoms with Gasteiger partial charge in [-0.15, -0.1) is 10.2 Å². The topological polar surface area (TPSA) is 84.4 Å².